The number of fused-ring (bicyclic) bond motifs is 1. The lowest BCUT2D eigenvalue weighted by atomic mass is 9.93. The fraction of sp³-hybridized carbons (Fsp3) is 0.857. The molecule has 0 aromatic heterocycles. The van der Waals surface area contributed by atoms with E-state index in [0.29, 0.717) is 24.0 Å². The number of nitrogens with zero attached hydrogens (tertiary/aromatic N) is 2. The summed E-state index contributed by atoms with van der Waals surface area (Å²) in [6.07, 6.45) is 3.81. The molecule has 0 aliphatic carbocycles. The minimum absolute atomic E-state index is 0.184. The monoisotopic (exact) mass is 298 g/mol. The fourth-order valence-electron chi connectivity index (χ4n) is 3.59. The smallest absolute Gasteiger partial charge is 0.232 e. The molecule has 112 valence electrons. The van der Waals surface area contributed by atoms with Gasteiger partial charge < -0.3 is 14.5 Å². The third-order valence-corrected chi connectivity index (χ3v) is 5.22. The SMILES string of the molecule is CSCC(=O)N1C[C@@H]2[C@H](CN3CCCC3=O)CO[C@@H]2C1. The molecule has 0 aromatic carbocycles. The number of ether oxygens (including phenoxy) is 1. The second-order valence-corrected chi connectivity index (χ2v) is 6.84. The highest BCUT2D eigenvalue weighted by atomic mass is 32.2. The molecule has 3 atom stereocenters. The van der Waals surface area contributed by atoms with Gasteiger partial charge in [-0.15, -0.1) is 0 Å². The lowest BCUT2D eigenvalue weighted by Crippen LogP contribution is -2.36. The van der Waals surface area contributed by atoms with E-state index in [1.165, 1.54) is 0 Å². The van der Waals surface area contributed by atoms with Gasteiger partial charge in [-0.2, -0.15) is 11.8 Å². The molecule has 3 aliphatic heterocycles. The standard InChI is InChI=1S/C14H22N2O3S/c1-20-9-14(18)16-6-11-10(8-19-12(11)7-16)5-15-4-2-3-13(15)17/h10-12H,2-9H2,1H3/t10-,11-,12-/m1/s1. The van der Waals surface area contributed by atoms with Gasteiger partial charge in [-0.1, -0.05) is 0 Å². The van der Waals surface area contributed by atoms with Crippen molar-refractivity contribution in [3.05, 3.63) is 0 Å². The molecule has 20 heavy (non-hydrogen) atoms. The Labute approximate surface area is 124 Å². The minimum Gasteiger partial charge on any atom is -0.376 e. The summed E-state index contributed by atoms with van der Waals surface area (Å²) in [4.78, 5) is 27.6. The summed E-state index contributed by atoms with van der Waals surface area (Å²) in [5.74, 6) is 1.85. The predicted molar refractivity (Wildman–Crippen MR) is 77.5 cm³/mol. The molecule has 0 saturated carbocycles. The van der Waals surface area contributed by atoms with E-state index in [1.54, 1.807) is 11.8 Å². The quantitative estimate of drug-likeness (QED) is 0.756. The van der Waals surface area contributed by atoms with Gasteiger partial charge in [0.25, 0.3) is 0 Å². The second-order valence-electron chi connectivity index (χ2n) is 5.97. The lowest BCUT2D eigenvalue weighted by Gasteiger charge is -2.24. The zero-order valence-electron chi connectivity index (χ0n) is 11.9. The maximum Gasteiger partial charge on any atom is 0.232 e. The van der Waals surface area contributed by atoms with Crippen LogP contribution in [-0.2, 0) is 14.3 Å². The van der Waals surface area contributed by atoms with Crippen molar-refractivity contribution in [2.24, 2.45) is 11.8 Å². The Bertz CT molecular complexity index is 404. The molecule has 0 bridgehead atoms. The predicted octanol–water partition coefficient (Wildman–Crippen LogP) is 0.445. The van der Waals surface area contributed by atoms with Crippen LogP contribution in [0.1, 0.15) is 12.8 Å². The van der Waals surface area contributed by atoms with E-state index >= 15 is 0 Å². The maximum absolute atomic E-state index is 12.0. The Morgan fingerprint density at radius 2 is 2.30 bits per heavy atom. The number of carbonyl (C=O) groups is 2. The Morgan fingerprint density at radius 1 is 1.45 bits per heavy atom. The van der Waals surface area contributed by atoms with Crippen LogP contribution in [-0.4, -0.2) is 72.5 Å². The van der Waals surface area contributed by atoms with Crippen LogP contribution < -0.4 is 0 Å². The molecule has 3 saturated heterocycles. The molecular formula is C14H22N2O3S. The van der Waals surface area contributed by atoms with Crippen LogP contribution in [0.15, 0.2) is 0 Å². The molecule has 2 amide bonds. The van der Waals surface area contributed by atoms with Gasteiger partial charge in [-0.05, 0) is 12.7 Å². The van der Waals surface area contributed by atoms with Crippen LogP contribution in [0.5, 0.6) is 0 Å². The van der Waals surface area contributed by atoms with E-state index in [4.69, 9.17) is 4.74 Å². The van der Waals surface area contributed by atoms with E-state index in [1.807, 2.05) is 16.1 Å². The van der Waals surface area contributed by atoms with Crippen molar-refractivity contribution < 1.29 is 14.3 Å². The van der Waals surface area contributed by atoms with Crippen LogP contribution >= 0.6 is 11.8 Å². The van der Waals surface area contributed by atoms with Crippen molar-refractivity contribution in [1.82, 2.24) is 9.80 Å². The van der Waals surface area contributed by atoms with Gasteiger partial charge >= 0.3 is 0 Å². The summed E-state index contributed by atoms with van der Waals surface area (Å²) < 4.78 is 5.85. The van der Waals surface area contributed by atoms with Crippen molar-refractivity contribution in [3.63, 3.8) is 0 Å². The molecule has 0 aromatic rings. The van der Waals surface area contributed by atoms with Crippen LogP contribution in [0.25, 0.3) is 0 Å². The molecule has 3 fully saturated rings. The Morgan fingerprint density at radius 3 is 3.00 bits per heavy atom. The average Bonchev–Trinajstić information content (AvgIpc) is 3.08. The van der Waals surface area contributed by atoms with Gasteiger partial charge in [0.05, 0.1) is 18.5 Å². The first kappa shape index (κ1) is 14.2. The van der Waals surface area contributed by atoms with Gasteiger partial charge in [0.1, 0.15) is 0 Å². The molecule has 0 unspecified atom stereocenters. The second kappa shape index (κ2) is 5.93. The van der Waals surface area contributed by atoms with E-state index in [9.17, 15) is 9.59 Å². The highest BCUT2D eigenvalue weighted by Crippen LogP contribution is 2.35. The Kier molecular flexibility index (Phi) is 4.21. The molecule has 0 N–H and O–H groups in total. The summed E-state index contributed by atoms with van der Waals surface area (Å²) in [6.45, 7) is 3.97. The summed E-state index contributed by atoms with van der Waals surface area (Å²) in [5.41, 5.74) is 0. The van der Waals surface area contributed by atoms with Crippen LogP contribution in [0.2, 0.25) is 0 Å². The molecule has 0 spiro atoms. The largest absolute Gasteiger partial charge is 0.376 e. The van der Waals surface area contributed by atoms with E-state index in [-0.39, 0.29) is 17.9 Å². The van der Waals surface area contributed by atoms with Gasteiger partial charge in [-0.3, -0.25) is 9.59 Å². The number of rotatable bonds is 4. The van der Waals surface area contributed by atoms with Crippen molar-refractivity contribution in [2.75, 3.05) is 44.8 Å². The molecule has 5 nitrogen and oxygen atoms in total. The summed E-state index contributed by atoms with van der Waals surface area (Å²) in [6, 6.07) is 0. The molecule has 0 radical (unpaired) electrons. The van der Waals surface area contributed by atoms with Gasteiger partial charge in [0.2, 0.25) is 11.8 Å². The topological polar surface area (TPSA) is 49.9 Å². The van der Waals surface area contributed by atoms with Crippen molar-refractivity contribution in [1.29, 1.82) is 0 Å². The number of carbonyl (C=O) groups excluding carboxylic acids is 2. The number of hydrogen-bond acceptors (Lipinski definition) is 4. The van der Waals surface area contributed by atoms with Crippen LogP contribution in [0.4, 0.5) is 0 Å². The van der Waals surface area contributed by atoms with E-state index in [0.717, 1.165) is 39.2 Å². The fourth-order valence-corrected chi connectivity index (χ4v) is 4.02. The van der Waals surface area contributed by atoms with E-state index in [2.05, 4.69) is 0 Å². The zero-order valence-corrected chi connectivity index (χ0v) is 12.7. The normalized spacial score (nSPS) is 33.0. The highest BCUT2D eigenvalue weighted by molar-refractivity contribution is 7.99. The number of likely N-dealkylation sites (tertiary alicyclic amines) is 2. The maximum atomic E-state index is 12.0. The zero-order chi connectivity index (χ0) is 14.1. The molecule has 3 aliphatic rings. The Balaban J connectivity index is 1.57. The van der Waals surface area contributed by atoms with Crippen molar-refractivity contribution in [2.45, 2.75) is 18.9 Å². The lowest BCUT2D eigenvalue weighted by molar-refractivity contribution is -0.129. The van der Waals surface area contributed by atoms with Crippen molar-refractivity contribution in [3.8, 4) is 0 Å². The van der Waals surface area contributed by atoms with Crippen molar-refractivity contribution >= 4 is 23.6 Å². The third-order valence-electron chi connectivity index (χ3n) is 4.69. The van der Waals surface area contributed by atoms with E-state index < -0.39 is 0 Å². The summed E-state index contributed by atoms with van der Waals surface area (Å²) in [5, 5.41) is 0. The summed E-state index contributed by atoms with van der Waals surface area (Å²) >= 11 is 1.57. The molecule has 3 heterocycles. The molecule has 3 rings (SSSR count). The highest BCUT2D eigenvalue weighted by Gasteiger charge is 2.45. The molecule has 6 heteroatoms. The number of hydrogen-bond donors (Lipinski definition) is 0. The van der Waals surface area contributed by atoms with Crippen LogP contribution in [0.3, 0.4) is 0 Å². The number of amides is 2. The number of thioether (sulfide) groups is 1. The van der Waals surface area contributed by atoms with Crippen LogP contribution in [0, 0.1) is 11.8 Å². The first-order chi connectivity index (χ1) is 9.69. The van der Waals surface area contributed by atoms with Gasteiger partial charge in [0, 0.05) is 44.4 Å². The molecular weight excluding hydrogens is 276 g/mol. The average molecular weight is 298 g/mol. The van der Waals surface area contributed by atoms with Gasteiger partial charge in [0.15, 0.2) is 0 Å². The first-order valence-corrected chi connectivity index (χ1v) is 8.74. The summed E-state index contributed by atoms with van der Waals surface area (Å²) in [7, 11) is 0. The third kappa shape index (κ3) is 2.68. The first-order valence-electron chi connectivity index (χ1n) is 7.35. The Hall–Kier alpha value is -0.750. The minimum atomic E-state index is 0.184. The van der Waals surface area contributed by atoms with Gasteiger partial charge in [-0.25, -0.2) is 0 Å².